The first-order valence-electron chi connectivity index (χ1n) is 9.10. The topological polar surface area (TPSA) is 94.9 Å². The first kappa shape index (κ1) is 17.4. The van der Waals surface area contributed by atoms with Gasteiger partial charge in [-0.3, -0.25) is 4.79 Å². The van der Waals surface area contributed by atoms with Crippen LogP contribution in [0.3, 0.4) is 0 Å². The van der Waals surface area contributed by atoms with Crippen LogP contribution in [0.5, 0.6) is 0 Å². The van der Waals surface area contributed by atoms with Crippen LogP contribution in [0.2, 0.25) is 0 Å². The average Bonchev–Trinajstić information content (AvgIpc) is 3.37. The van der Waals surface area contributed by atoms with Crippen LogP contribution in [0, 0.1) is 13.8 Å². The Hall–Kier alpha value is -2.97. The Morgan fingerprint density at radius 3 is 2.63 bits per heavy atom. The number of piperidine rings is 1. The van der Waals surface area contributed by atoms with Crippen LogP contribution >= 0.6 is 0 Å². The number of imidazole rings is 1. The Morgan fingerprint density at radius 2 is 2.00 bits per heavy atom. The molecule has 3 aromatic heterocycles. The largest absolute Gasteiger partial charge is 0.448 e. The highest BCUT2D eigenvalue weighted by Gasteiger charge is 2.29. The lowest BCUT2D eigenvalue weighted by atomic mass is 9.95. The number of aromatic nitrogens is 6. The molecule has 0 aromatic carbocycles. The third-order valence-corrected chi connectivity index (χ3v) is 5.33. The van der Waals surface area contributed by atoms with Gasteiger partial charge in [0.2, 0.25) is 0 Å². The van der Waals surface area contributed by atoms with Crippen LogP contribution in [0.4, 0.5) is 0 Å². The second-order valence-electron chi connectivity index (χ2n) is 6.96. The van der Waals surface area contributed by atoms with Gasteiger partial charge < -0.3 is 18.5 Å². The maximum Gasteiger partial charge on any atom is 0.276 e. The molecule has 0 unspecified atom stereocenters. The Bertz CT molecular complexity index is 947. The van der Waals surface area contributed by atoms with Crippen molar-refractivity contribution in [1.29, 1.82) is 0 Å². The molecule has 0 radical (unpaired) electrons. The lowest BCUT2D eigenvalue weighted by Gasteiger charge is -2.31. The minimum atomic E-state index is -0.0612. The van der Waals surface area contributed by atoms with Gasteiger partial charge in [-0.15, -0.1) is 10.2 Å². The molecule has 0 N–H and O–H groups in total. The first-order chi connectivity index (χ1) is 13.0. The van der Waals surface area contributed by atoms with Gasteiger partial charge in [0.15, 0.2) is 17.9 Å². The van der Waals surface area contributed by atoms with Crippen molar-refractivity contribution in [3.8, 4) is 0 Å². The molecule has 27 heavy (non-hydrogen) atoms. The summed E-state index contributed by atoms with van der Waals surface area (Å²) in [5.41, 5.74) is 0.407. The van der Waals surface area contributed by atoms with Gasteiger partial charge in [-0.05, 0) is 26.7 Å². The van der Waals surface area contributed by atoms with Gasteiger partial charge in [0, 0.05) is 38.4 Å². The van der Waals surface area contributed by atoms with Gasteiger partial charge in [0.25, 0.3) is 5.91 Å². The molecule has 1 fully saturated rings. The summed E-state index contributed by atoms with van der Waals surface area (Å²) in [5.74, 6) is 3.64. The van der Waals surface area contributed by atoms with Crippen molar-refractivity contribution in [2.24, 2.45) is 7.05 Å². The highest BCUT2D eigenvalue weighted by molar-refractivity contribution is 5.93. The standard InChI is InChI=1S/C18H23N7O2/c1-12-16(20-11-27-12)18(26)24-7-4-14(5-8-24)17-22-21-15(23(17)3)10-25-9-6-19-13(25)2/h6,9,11,14H,4-5,7-8,10H2,1-3H3. The van der Waals surface area contributed by atoms with Crippen molar-refractivity contribution >= 4 is 5.91 Å². The van der Waals surface area contributed by atoms with E-state index in [0.717, 1.165) is 30.3 Å². The number of hydrogen-bond donors (Lipinski definition) is 0. The molecule has 1 saturated heterocycles. The number of aryl methyl sites for hydroxylation is 2. The third-order valence-electron chi connectivity index (χ3n) is 5.33. The number of nitrogens with zero attached hydrogens (tertiary/aromatic N) is 7. The van der Waals surface area contributed by atoms with E-state index >= 15 is 0 Å². The molecule has 142 valence electrons. The number of amides is 1. The molecule has 1 aliphatic rings. The molecule has 0 saturated carbocycles. The van der Waals surface area contributed by atoms with Crippen LogP contribution in [-0.4, -0.2) is 53.2 Å². The molecule has 3 aromatic rings. The third kappa shape index (κ3) is 3.24. The number of likely N-dealkylation sites (tertiary alicyclic amines) is 1. The number of carbonyl (C=O) groups is 1. The molecule has 0 spiro atoms. The zero-order valence-electron chi connectivity index (χ0n) is 15.8. The SMILES string of the molecule is Cc1ocnc1C(=O)N1CCC(c2nnc(Cn3ccnc3C)n2C)CC1. The van der Waals surface area contributed by atoms with E-state index in [1.54, 1.807) is 13.1 Å². The molecular weight excluding hydrogens is 346 g/mol. The summed E-state index contributed by atoms with van der Waals surface area (Å²) in [6.45, 7) is 5.74. The van der Waals surface area contributed by atoms with Gasteiger partial charge in [-0.2, -0.15) is 0 Å². The number of oxazole rings is 1. The zero-order chi connectivity index (χ0) is 19.0. The molecule has 0 atom stereocenters. The van der Waals surface area contributed by atoms with Gasteiger partial charge in [-0.25, -0.2) is 9.97 Å². The smallest absolute Gasteiger partial charge is 0.276 e. The molecule has 9 heteroatoms. The summed E-state index contributed by atoms with van der Waals surface area (Å²) in [7, 11) is 2.01. The maximum absolute atomic E-state index is 12.6. The van der Waals surface area contributed by atoms with E-state index in [1.807, 2.05) is 25.1 Å². The van der Waals surface area contributed by atoms with Gasteiger partial charge in [-0.1, -0.05) is 0 Å². The van der Waals surface area contributed by atoms with Crippen molar-refractivity contribution in [3.05, 3.63) is 47.7 Å². The average molecular weight is 369 g/mol. The first-order valence-corrected chi connectivity index (χ1v) is 9.10. The number of hydrogen-bond acceptors (Lipinski definition) is 6. The molecule has 0 bridgehead atoms. The zero-order valence-corrected chi connectivity index (χ0v) is 15.8. The van der Waals surface area contributed by atoms with Crippen LogP contribution in [0.15, 0.2) is 23.2 Å². The Morgan fingerprint density at radius 1 is 1.22 bits per heavy atom. The summed E-state index contributed by atoms with van der Waals surface area (Å²) in [4.78, 5) is 22.7. The van der Waals surface area contributed by atoms with Crippen LogP contribution in [0.25, 0.3) is 0 Å². The van der Waals surface area contributed by atoms with Crippen LogP contribution < -0.4 is 0 Å². The second-order valence-corrected chi connectivity index (χ2v) is 6.96. The van der Waals surface area contributed by atoms with Crippen LogP contribution in [-0.2, 0) is 13.6 Å². The minimum absolute atomic E-state index is 0.0612. The van der Waals surface area contributed by atoms with Crippen molar-refractivity contribution < 1.29 is 9.21 Å². The lowest BCUT2D eigenvalue weighted by Crippen LogP contribution is -2.38. The van der Waals surface area contributed by atoms with E-state index < -0.39 is 0 Å². The highest BCUT2D eigenvalue weighted by Crippen LogP contribution is 2.28. The van der Waals surface area contributed by atoms with Crippen molar-refractivity contribution in [1.82, 2.24) is 34.2 Å². The molecular formula is C18H23N7O2. The van der Waals surface area contributed by atoms with E-state index in [0.29, 0.717) is 37.0 Å². The molecule has 1 aliphatic heterocycles. The van der Waals surface area contributed by atoms with Crippen molar-refractivity contribution in [2.75, 3.05) is 13.1 Å². The quantitative estimate of drug-likeness (QED) is 0.694. The number of rotatable bonds is 4. The molecule has 4 rings (SSSR count). The summed E-state index contributed by atoms with van der Waals surface area (Å²) in [5, 5.41) is 8.81. The summed E-state index contributed by atoms with van der Waals surface area (Å²) in [6.07, 6.45) is 6.77. The number of carbonyl (C=O) groups excluding carboxylic acids is 1. The maximum atomic E-state index is 12.6. The van der Waals surface area contributed by atoms with Gasteiger partial charge in [0.05, 0.1) is 6.54 Å². The van der Waals surface area contributed by atoms with E-state index in [4.69, 9.17) is 4.42 Å². The van der Waals surface area contributed by atoms with E-state index in [-0.39, 0.29) is 5.91 Å². The highest BCUT2D eigenvalue weighted by atomic mass is 16.3. The van der Waals surface area contributed by atoms with Crippen molar-refractivity contribution in [3.63, 3.8) is 0 Å². The molecule has 0 aliphatic carbocycles. The fourth-order valence-corrected chi connectivity index (χ4v) is 3.59. The van der Waals surface area contributed by atoms with Crippen molar-refractivity contribution in [2.45, 2.75) is 39.2 Å². The molecule has 4 heterocycles. The monoisotopic (exact) mass is 369 g/mol. The fraction of sp³-hybridized carbons (Fsp3) is 0.500. The lowest BCUT2D eigenvalue weighted by molar-refractivity contribution is 0.0703. The predicted molar refractivity (Wildman–Crippen MR) is 96.2 cm³/mol. The van der Waals surface area contributed by atoms with E-state index in [2.05, 4.69) is 29.3 Å². The Labute approximate surface area is 157 Å². The summed E-state index contributed by atoms with van der Waals surface area (Å²) in [6, 6.07) is 0. The predicted octanol–water partition coefficient (Wildman–Crippen LogP) is 1.68. The van der Waals surface area contributed by atoms with Gasteiger partial charge >= 0.3 is 0 Å². The minimum Gasteiger partial charge on any atom is -0.448 e. The van der Waals surface area contributed by atoms with Crippen LogP contribution in [0.1, 0.15) is 52.5 Å². The molecule has 9 nitrogen and oxygen atoms in total. The normalized spacial score (nSPS) is 15.4. The Kier molecular flexibility index (Phi) is 4.51. The van der Waals surface area contributed by atoms with E-state index in [1.165, 1.54) is 6.39 Å². The summed E-state index contributed by atoms with van der Waals surface area (Å²) >= 11 is 0. The molecule has 1 amide bonds. The second kappa shape index (κ2) is 6.98. The Balaban J connectivity index is 1.42. The fourth-order valence-electron chi connectivity index (χ4n) is 3.59. The van der Waals surface area contributed by atoms with E-state index in [9.17, 15) is 4.79 Å². The summed E-state index contributed by atoms with van der Waals surface area (Å²) < 4.78 is 9.27. The van der Waals surface area contributed by atoms with Gasteiger partial charge in [0.1, 0.15) is 17.4 Å².